The molecule has 0 unspecified atom stereocenters. The van der Waals surface area contributed by atoms with Gasteiger partial charge in [-0.1, -0.05) is 5.11 Å². The van der Waals surface area contributed by atoms with Gasteiger partial charge in [-0.25, -0.2) is 0 Å². The van der Waals surface area contributed by atoms with Crippen LogP contribution in [0.25, 0.3) is 10.4 Å². The van der Waals surface area contributed by atoms with Crippen LogP contribution in [0.2, 0.25) is 0 Å². The van der Waals surface area contributed by atoms with Gasteiger partial charge in [0.25, 0.3) is 0 Å². The van der Waals surface area contributed by atoms with Crippen molar-refractivity contribution in [2.45, 2.75) is 24.4 Å². The maximum atomic E-state index is 9.36. The second-order valence-electron chi connectivity index (χ2n) is 2.81. The SMILES string of the molecule is [N-]=[N+]=N[C@H]1CO[C@@H](CO)[C@H](O)[C@@H]1O. The van der Waals surface area contributed by atoms with E-state index in [-0.39, 0.29) is 13.2 Å². The summed E-state index contributed by atoms with van der Waals surface area (Å²) >= 11 is 0. The number of ether oxygens (including phenoxy) is 1. The number of nitrogens with zero attached hydrogens (tertiary/aromatic N) is 3. The molecule has 7 heteroatoms. The zero-order chi connectivity index (χ0) is 9.84. The van der Waals surface area contributed by atoms with E-state index in [2.05, 4.69) is 10.0 Å². The molecule has 0 amide bonds. The largest absolute Gasteiger partial charge is 0.394 e. The fourth-order valence-corrected chi connectivity index (χ4v) is 1.20. The molecule has 0 radical (unpaired) electrons. The van der Waals surface area contributed by atoms with Crippen molar-refractivity contribution >= 4 is 0 Å². The van der Waals surface area contributed by atoms with Gasteiger partial charge in [0.15, 0.2) is 0 Å². The van der Waals surface area contributed by atoms with E-state index in [1.165, 1.54) is 0 Å². The highest BCUT2D eigenvalue weighted by Crippen LogP contribution is 2.17. The number of azide groups is 1. The Labute approximate surface area is 74.2 Å². The van der Waals surface area contributed by atoms with Gasteiger partial charge < -0.3 is 20.1 Å². The predicted octanol–water partition coefficient (Wildman–Crippen LogP) is -1.22. The van der Waals surface area contributed by atoms with Gasteiger partial charge in [0.2, 0.25) is 0 Å². The van der Waals surface area contributed by atoms with Crippen molar-refractivity contribution in [3.05, 3.63) is 10.4 Å². The van der Waals surface area contributed by atoms with Crippen LogP contribution >= 0.6 is 0 Å². The first-order valence-electron chi connectivity index (χ1n) is 3.83. The maximum Gasteiger partial charge on any atom is 0.109 e. The third kappa shape index (κ3) is 2.09. The lowest BCUT2D eigenvalue weighted by molar-refractivity contribution is -0.155. The topological polar surface area (TPSA) is 119 Å². The monoisotopic (exact) mass is 189 g/mol. The summed E-state index contributed by atoms with van der Waals surface area (Å²) in [5.41, 5.74) is 8.11. The van der Waals surface area contributed by atoms with Gasteiger partial charge in [0, 0.05) is 4.91 Å². The summed E-state index contributed by atoms with van der Waals surface area (Å²) in [5, 5.41) is 30.6. The first-order chi connectivity index (χ1) is 6.20. The van der Waals surface area contributed by atoms with Gasteiger partial charge in [-0.05, 0) is 5.53 Å². The van der Waals surface area contributed by atoms with E-state index in [9.17, 15) is 10.2 Å². The van der Waals surface area contributed by atoms with Crippen molar-refractivity contribution in [2.75, 3.05) is 13.2 Å². The molecule has 1 heterocycles. The van der Waals surface area contributed by atoms with E-state index >= 15 is 0 Å². The van der Waals surface area contributed by atoms with E-state index in [1.54, 1.807) is 0 Å². The Morgan fingerprint density at radius 3 is 2.69 bits per heavy atom. The van der Waals surface area contributed by atoms with Crippen LogP contribution in [0, 0.1) is 0 Å². The Bertz CT molecular complexity index is 218. The molecule has 1 aliphatic heterocycles. The van der Waals surface area contributed by atoms with E-state index in [1.807, 2.05) is 0 Å². The van der Waals surface area contributed by atoms with Crippen molar-refractivity contribution in [3.63, 3.8) is 0 Å². The van der Waals surface area contributed by atoms with Crippen molar-refractivity contribution in [1.29, 1.82) is 0 Å². The molecule has 3 N–H and O–H groups in total. The van der Waals surface area contributed by atoms with Gasteiger partial charge in [0.1, 0.15) is 12.2 Å². The molecule has 1 aliphatic rings. The highest BCUT2D eigenvalue weighted by Gasteiger charge is 2.37. The summed E-state index contributed by atoms with van der Waals surface area (Å²) in [6.45, 7) is -0.366. The minimum absolute atomic E-state index is 0.00745. The molecule has 0 aliphatic carbocycles. The molecule has 4 atom stereocenters. The molecule has 0 aromatic carbocycles. The number of hydrogen-bond acceptors (Lipinski definition) is 5. The first kappa shape index (κ1) is 10.2. The number of aliphatic hydroxyl groups excluding tert-OH is 3. The van der Waals surface area contributed by atoms with Crippen molar-refractivity contribution in [2.24, 2.45) is 5.11 Å². The van der Waals surface area contributed by atoms with E-state index in [0.717, 1.165) is 0 Å². The normalized spacial score (nSPS) is 39.6. The van der Waals surface area contributed by atoms with Gasteiger partial charge in [-0.2, -0.15) is 0 Å². The second-order valence-corrected chi connectivity index (χ2v) is 2.81. The fraction of sp³-hybridized carbons (Fsp3) is 1.00. The quantitative estimate of drug-likeness (QED) is 0.286. The summed E-state index contributed by atoms with van der Waals surface area (Å²) in [6, 6.07) is -0.789. The smallest absolute Gasteiger partial charge is 0.109 e. The molecule has 0 bridgehead atoms. The summed E-state index contributed by atoms with van der Waals surface area (Å²) in [5.74, 6) is 0. The molecule has 1 rings (SSSR count). The van der Waals surface area contributed by atoms with Gasteiger partial charge in [-0.15, -0.1) is 0 Å². The molecule has 74 valence electrons. The highest BCUT2D eigenvalue weighted by atomic mass is 16.5. The van der Waals surface area contributed by atoms with Crippen LogP contribution < -0.4 is 0 Å². The fourth-order valence-electron chi connectivity index (χ4n) is 1.20. The van der Waals surface area contributed by atoms with Crippen molar-refractivity contribution in [1.82, 2.24) is 0 Å². The van der Waals surface area contributed by atoms with Crippen molar-refractivity contribution in [3.8, 4) is 0 Å². The molecule has 0 spiro atoms. The third-order valence-electron chi connectivity index (χ3n) is 1.99. The average Bonchev–Trinajstić information content (AvgIpc) is 2.14. The maximum absolute atomic E-state index is 9.36. The molecular weight excluding hydrogens is 178 g/mol. The Morgan fingerprint density at radius 2 is 2.15 bits per heavy atom. The summed E-state index contributed by atoms with van der Waals surface area (Å²) in [4.78, 5) is 2.51. The average molecular weight is 189 g/mol. The van der Waals surface area contributed by atoms with Crippen LogP contribution in [-0.2, 0) is 4.74 Å². The predicted molar refractivity (Wildman–Crippen MR) is 41.8 cm³/mol. The lowest BCUT2D eigenvalue weighted by Crippen LogP contribution is -2.53. The zero-order valence-corrected chi connectivity index (χ0v) is 6.82. The molecule has 0 saturated carbocycles. The van der Waals surface area contributed by atoms with Crippen LogP contribution in [0.15, 0.2) is 5.11 Å². The van der Waals surface area contributed by atoms with E-state index < -0.39 is 24.4 Å². The van der Waals surface area contributed by atoms with Crippen LogP contribution in [0.5, 0.6) is 0 Å². The van der Waals surface area contributed by atoms with Gasteiger partial charge in [0.05, 0.1) is 25.4 Å². The third-order valence-corrected chi connectivity index (χ3v) is 1.99. The molecule has 13 heavy (non-hydrogen) atoms. The molecule has 1 fully saturated rings. The Balaban J connectivity index is 2.63. The minimum atomic E-state index is -1.21. The van der Waals surface area contributed by atoms with Crippen LogP contribution in [-0.4, -0.2) is 52.9 Å². The Morgan fingerprint density at radius 1 is 1.46 bits per heavy atom. The standard InChI is InChI=1S/C6H11N3O4/c7-9-8-3-2-13-4(1-10)6(12)5(3)11/h3-6,10-12H,1-2H2/t3-,4-,5+,6-/m0/s1. The Hall–Kier alpha value is -0.850. The van der Waals surface area contributed by atoms with E-state index in [0.29, 0.717) is 0 Å². The Kier molecular flexibility index (Phi) is 3.47. The molecule has 7 nitrogen and oxygen atoms in total. The molecule has 0 aromatic rings. The zero-order valence-electron chi connectivity index (χ0n) is 6.82. The highest BCUT2D eigenvalue weighted by molar-refractivity contribution is 4.90. The van der Waals surface area contributed by atoms with Crippen LogP contribution in [0.4, 0.5) is 0 Å². The number of aliphatic hydroxyl groups is 3. The van der Waals surface area contributed by atoms with Crippen LogP contribution in [0.1, 0.15) is 0 Å². The van der Waals surface area contributed by atoms with E-state index in [4.69, 9.17) is 15.4 Å². The summed E-state index contributed by atoms with van der Waals surface area (Å²) in [7, 11) is 0. The lowest BCUT2D eigenvalue weighted by atomic mass is 9.99. The second kappa shape index (κ2) is 4.40. The minimum Gasteiger partial charge on any atom is -0.394 e. The number of rotatable bonds is 2. The summed E-state index contributed by atoms with van der Waals surface area (Å²) < 4.78 is 4.95. The van der Waals surface area contributed by atoms with Gasteiger partial charge >= 0.3 is 0 Å². The van der Waals surface area contributed by atoms with Gasteiger partial charge in [-0.3, -0.25) is 0 Å². The molecule has 0 aromatic heterocycles. The van der Waals surface area contributed by atoms with Crippen LogP contribution in [0.3, 0.4) is 0 Å². The molecule has 1 saturated heterocycles. The summed E-state index contributed by atoms with van der Waals surface area (Å²) in [6.07, 6.45) is -3.20. The first-order valence-corrected chi connectivity index (χ1v) is 3.83. The van der Waals surface area contributed by atoms with Crippen molar-refractivity contribution < 1.29 is 20.1 Å². The lowest BCUT2D eigenvalue weighted by Gasteiger charge is -2.34. The molecular formula is C6H11N3O4. The number of hydrogen-bond donors (Lipinski definition) is 3.